The highest BCUT2D eigenvalue weighted by Gasteiger charge is 2.34. The number of nitrogens with zero attached hydrogens (tertiary/aromatic N) is 8. The smallest absolute Gasteiger partial charge is 0.177 e. The lowest BCUT2D eigenvalue weighted by atomic mass is 10.0. The van der Waals surface area contributed by atoms with Crippen LogP contribution in [0.3, 0.4) is 0 Å². The molecule has 5 rings (SSSR count). The lowest BCUT2D eigenvalue weighted by Gasteiger charge is -2.45. The lowest BCUT2D eigenvalue weighted by molar-refractivity contribution is 0.00913. The number of hydrogen-bond acceptors (Lipinski definition) is 7. The van der Waals surface area contributed by atoms with Crippen LogP contribution in [0.1, 0.15) is 17.4 Å². The summed E-state index contributed by atoms with van der Waals surface area (Å²) in [5.41, 5.74) is 3.31. The zero-order valence-electron chi connectivity index (χ0n) is 15.0. The largest absolute Gasteiger partial charge is 0.372 e. The van der Waals surface area contributed by atoms with Crippen molar-refractivity contribution in [2.24, 2.45) is 7.05 Å². The molecule has 0 radical (unpaired) electrons. The molecule has 5 heterocycles. The highest BCUT2D eigenvalue weighted by atomic mass is 16.5. The molecule has 0 aromatic carbocycles. The van der Waals surface area contributed by atoms with Crippen molar-refractivity contribution in [3.05, 3.63) is 35.9 Å². The van der Waals surface area contributed by atoms with E-state index < -0.39 is 0 Å². The van der Waals surface area contributed by atoms with Crippen LogP contribution in [0.5, 0.6) is 0 Å². The second-order valence-corrected chi connectivity index (χ2v) is 7.10. The van der Waals surface area contributed by atoms with Crippen LogP contribution in [0.4, 0.5) is 5.82 Å². The van der Waals surface area contributed by atoms with Crippen molar-refractivity contribution >= 4 is 11.5 Å². The molecule has 0 bridgehead atoms. The van der Waals surface area contributed by atoms with Crippen molar-refractivity contribution in [2.45, 2.75) is 18.6 Å². The molecule has 0 saturated carbocycles. The molecule has 1 unspecified atom stereocenters. The second kappa shape index (κ2) is 6.03. The SMILES string of the molecule is CN(CC1OCCc2c1cnn2C)C1CN(c2ccc3nncn3n2)C1. The maximum absolute atomic E-state index is 6.02. The number of hydrogen-bond donors (Lipinski definition) is 0. The van der Waals surface area contributed by atoms with Gasteiger partial charge in [0.05, 0.1) is 18.9 Å². The van der Waals surface area contributed by atoms with E-state index in [1.54, 1.807) is 10.8 Å². The number of fused-ring (bicyclic) bond motifs is 2. The molecule has 136 valence electrons. The van der Waals surface area contributed by atoms with Gasteiger partial charge in [-0.25, -0.2) is 0 Å². The van der Waals surface area contributed by atoms with E-state index >= 15 is 0 Å². The zero-order chi connectivity index (χ0) is 17.7. The third-order valence-electron chi connectivity index (χ3n) is 5.51. The Balaban J connectivity index is 1.22. The van der Waals surface area contributed by atoms with Crippen molar-refractivity contribution in [1.29, 1.82) is 0 Å². The molecule has 2 aliphatic rings. The highest BCUT2D eigenvalue weighted by molar-refractivity contribution is 5.47. The number of aryl methyl sites for hydroxylation is 1. The van der Waals surface area contributed by atoms with Crippen molar-refractivity contribution in [1.82, 2.24) is 34.5 Å². The first-order valence-electron chi connectivity index (χ1n) is 8.93. The van der Waals surface area contributed by atoms with Crippen LogP contribution in [0.15, 0.2) is 24.7 Å². The Kier molecular flexibility index (Phi) is 3.64. The molecule has 1 atom stereocenters. The van der Waals surface area contributed by atoms with Gasteiger partial charge in [0.2, 0.25) is 0 Å². The maximum atomic E-state index is 6.02. The van der Waals surface area contributed by atoms with E-state index in [-0.39, 0.29) is 6.10 Å². The topological polar surface area (TPSA) is 76.6 Å². The molecule has 0 amide bonds. The van der Waals surface area contributed by atoms with Crippen LogP contribution in [0.25, 0.3) is 5.65 Å². The Morgan fingerprint density at radius 1 is 1.31 bits per heavy atom. The summed E-state index contributed by atoms with van der Waals surface area (Å²) in [6.07, 6.45) is 4.64. The maximum Gasteiger partial charge on any atom is 0.177 e. The van der Waals surface area contributed by atoms with Gasteiger partial charge in [0.25, 0.3) is 0 Å². The van der Waals surface area contributed by atoms with Gasteiger partial charge in [0, 0.05) is 50.4 Å². The average molecular weight is 354 g/mol. The monoisotopic (exact) mass is 354 g/mol. The van der Waals surface area contributed by atoms with E-state index in [2.05, 4.69) is 37.2 Å². The number of likely N-dealkylation sites (N-methyl/N-ethyl adjacent to an activating group) is 1. The van der Waals surface area contributed by atoms with Gasteiger partial charge in [-0.2, -0.15) is 9.61 Å². The molecule has 1 fully saturated rings. The summed E-state index contributed by atoms with van der Waals surface area (Å²) >= 11 is 0. The Bertz CT molecular complexity index is 928. The normalized spacial score (nSPS) is 20.6. The van der Waals surface area contributed by atoms with Crippen molar-refractivity contribution in [2.75, 3.05) is 38.2 Å². The number of rotatable bonds is 4. The molecule has 0 N–H and O–H groups in total. The number of aromatic nitrogens is 6. The first kappa shape index (κ1) is 15.7. The molecule has 9 heteroatoms. The van der Waals surface area contributed by atoms with Crippen LogP contribution >= 0.6 is 0 Å². The number of anilines is 1. The second-order valence-electron chi connectivity index (χ2n) is 7.10. The standard InChI is InChI=1S/C17H22N8O/c1-22(10-15-13-7-19-23(2)14(13)5-6-26-15)12-8-24(9-12)17-4-3-16-20-18-11-25(16)21-17/h3-4,7,11-12,15H,5-6,8-10H2,1-2H3. The number of ether oxygens (including phenoxy) is 1. The van der Waals surface area contributed by atoms with Gasteiger partial charge in [0.15, 0.2) is 5.65 Å². The Labute approximate surface area is 151 Å². The molecule has 3 aromatic rings. The van der Waals surface area contributed by atoms with Gasteiger partial charge in [-0.15, -0.1) is 15.3 Å². The van der Waals surface area contributed by atoms with Gasteiger partial charge in [-0.05, 0) is 19.2 Å². The Morgan fingerprint density at radius 2 is 2.19 bits per heavy atom. The van der Waals surface area contributed by atoms with Crippen molar-refractivity contribution in [3.63, 3.8) is 0 Å². The van der Waals surface area contributed by atoms with Gasteiger partial charge in [-0.1, -0.05) is 0 Å². The minimum absolute atomic E-state index is 0.109. The van der Waals surface area contributed by atoms with Crippen LogP contribution < -0.4 is 4.90 Å². The summed E-state index contributed by atoms with van der Waals surface area (Å²) in [5.74, 6) is 0.963. The first-order valence-corrected chi connectivity index (χ1v) is 8.93. The highest BCUT2D eigenvalue weighted by Crippen LogP contribution is 2.29. The van der Waals surface area contributed by atoms with Crippen LogP contribution in [-0.4, -0.2) is 73.8 Å². The Morgan fingerprint density at radius 3 is 3.08 bits per heavy atom. The molecular formula is C17H22N8O. The minimum atomic E-state index is 0.109. The van der Waals surface area contributed by atoms with Crippen LogP contribution in [-0.2, 0) is 18.2 Å². The minimum Gasteiger partial charge on any atom is -0.372 e. The molecule has 9 nitrogen and oxygen atoms in total. The average Bonchev–Trinajstić information content (AvgIpc) is 3.21. The fourth-order valence-corrected chi connectivity index (χ4v) is 3.81. The Hall–Kier alpha value is -2.52. The first-order chi connectivity index (χ1) is 12.7. The van der Waals surface area contributed by atoms with Crippen LogP contribution in [0, 0.1) is 0 Å². The summed E-state index contributed by atoms with van der Waals surface area (Å²) in [5, 5.41) is 16.8. The molecule has 0 spiro atoms. The molecule has 2 aliphatic heterocycles. The van der Waals surface area contributed by atoms with Gasteiger partial charge >= 0.3 is 0 Å². The predicted octanol–water partition coefficient (Wildman–Crippen LogP) is 0.292. The predicted molar refractivity (Wildman–Crippen MR) is 95.0 cm³/mol. The third-order valence-corrected chi connectivity index (χ3v) is 5.51. The van der Waals surface area contributed by atoms with E-state index in [9.17, 15) is 0 Å². The lowest BCUT2D eigenvalue weighted by Crippen LogP contribution is -2.59. The van der Waals surface area contributed by atoms with Crippen molar-refractivity contribution in [3.8, 4) is 0 Å². The molecular weight excluding hydrogens is 332 g/mol. The molecule has 26 heavy (non-hydrogen) atoms. The fourth-order valence-electron chi connectivity index (χ4n) is 3.81. The van der Waals surface area contributed by atoms with E-state index in [4.69, 9.17) is 4.74 Å². The van der Waals surface area contributed by atoms with Crippen molar-refractivity contribution < 1.29 is 4.74 Å². The zero-order valence-corrected chi connectivity index (χ0v) is 15.0. The summed E-state index contributed by atoms with van der Waals surface area (Å²) in [4.78, 5) is 4.67. The van der Waals surface area contributed by atoms with Gasteiger partial charge in [0.1, 0.15) is 12.1 Å². The third kappa shape index (κ3) is 2.55. The summed E-state index contributed by atoms with van der Waals surface area (Å²) in [7, 11) is 4.18. The van der Waals surface area contributed by atoms with Gasteiger partial charge < -0.3 is 9.64 Å². The van der Waals surface area contributed by atoms with Crippen LogP contribution in [0.2, 0.25) is 0 Å². The molecule has 1 saturated heterocycles. The summed E-state index contributed by atoms with van der Waals surface area (Å²) in [6.45, 7) is 3.58. The summed E-state index contributed by atoms with van der Waals surface area (Å²) < 4.78 is 9.71. The molecule has 0 aliphatic carbocycles. The van der Waals surface area contributed by atoms with E-state index in [1.807, 2.05) is 30.1 Å². The van der Waals surface area contributed by atoms with E-state index in [0.29, 0.717) is 6.04 Å². The van der Waals surface area contributed by atoms with E-state index in [1.165, 1.54) is 11.3 Å². The molecule has 3 aromatic heterocycles. The van der Waals surface area contributed by atoms with Gasteiger partial charge in [-0.3, -0.25) is 9.58 Å². The fraction of sp³-hybridized carbons (Fsp3) is 0.529. The quantitative estimate of drug-likeness (QED) is 0.666. The van der Waals surface area contributed by atoms with E-state index in [0.717, 1.165) is 44.1 Å². The summed E-state index contributed by atoms with van der Waals surface area (Å²) in [6, 6.07) is 4.46.